The van der Waals surface area contributed by atoms with Crippen molar-refractivity contribution in [2.24, 2.45) is 10.9 Å². The van der Waals surface area contributed by atoms with E-state index < -0.39 is 21.6 Å². The number of nitrogens with two attached hydrogens (primary N) is 1. The first-order valence-corrected chi connectivity index (χ1v) is 18.5. The highest BCUT2D eigenvalue weighted by Crippen LogP contribution is 2.37. The van der Waals surface area contributed by atoms with Gasteiger partial charge in [-0.2, -0.15) is 8.42 Å². The van der Waals surface area contributed by atoms with Gasteiger partial charge in [0.15, 0.2) is 11.5 Å². The predicted molar refractivity (Wildman–Crippen MR) is 200 cm³/mol. The fourth-order valence-electron chi connectivity index (χ4n) is 6.15. The van der Waals surface area contributed by atoms with Gasteiger partial charge in [-0.05, 0) is 61.1 Å². The van der Waals surface area contributed by atoms with E-state index in [9.17, 15) is 18.0 Å². The summed E-state index contributed by atoms with van der Waals surface area (Å²) in [5, 5.41) is 3.19. The average molecular weight is 730 g/mol. The van der Waals surface area contributed by atoms with Gasteiger partial charge < -0.3 is 29.8 Å². The van der Waals surface area contributed by atoms with Crippen molar-refractivity contribution in [1.29, 1.82) is 0 Å². The first-order valence-electron chi connectivity index (χ1n) is 16.6. The van der Waals surface area contributed by atoms with E-state index in [1.54, 1.807) is 45.0 Å². The lowest BCUT2D eigenvalue weighted by Gasteiger charge is -2.34. The van der Waals surface area contributed by atoms with Crippen LogP contribution in [0.4, 0.5) is 5.82 Å². The number of rotatable bonds is 9. The minimum Gasteiger partial charge on any atom is -0.493 e. The molecule has 52 heavy (non-hydrogen) atoms. The zero-order valence-corrected chi connectivity index (χ0v) is 30.4. The van der Waals surface area contributed by atoms with Gasteiger partial charge in [-0.15, -0.1) is 0 Å². The van der Waals surface area contributed by atoms with E-state index in [0.29, 0.717) is 78.1 Å². The Labute approximate surface area is 302 Å². The van der Waals surface area contributed by atoms with E-state index in [1.165, 1.54) is 0 Å². The molecule has 2 aliphatic heterocycles. The first-order chi connectivity index (χ1) is 24.8. The largest absolute Gasteiger partial charge is 0.493 e. The number of hydrogen-bond donors (Lipinski definition) is 3. The van der Waals surface area contributed by atoms with E-state index in [0.717, 1.165) is 24.0 Å². The number of aromatic nitrogens is 2. The van der Waals surface area contributed by atoms with Crippen molar-refractivity contribution in [2.75, 3.05) is 39.4 Å². The Kier molecular flexibility index (Phi) is 11.9. The quantitative estimate of drug-likeness (QED) is 0.201. The number of methoxy groups -OCH3 is 2. The maximum atomic E-state index is 14.4. The summed E-state index contributed by atoms with van der Waals surface area (Å²) < 4.78 is 44.5. The third-order valence-corrected chi connectivity index (χ3v) is 8.89. The molecule has 1 unspecified atom stereocenters. The molecule has 4 N–H and O–H groups in total. The summed E-state index contributed by atoms with van der Waals surface area (Å²) in [6.45, 7) is 4.08. The Bertz CT molecular complexity index is 2130. The smallest absolute Gasteiger partial charge is 0.261 e. The molecule has 1 fully saturated rings. The van der Waals surface area contributed by atoms with Crippen LogP contribution >= 0.6 is 0 Å². The molecule has 1 amide bonds. The molecule has 4 aromatic rings. The van der Waals surface area contributed by atoms with Gasteiger partial charge in [-0.3, -0.25) is 19.1 Å². The van der Waals surface area contributed by atoms with Gasteiger partial charge >= 0.3 is 0 Å². The molecule has 4 heterocycles. The zero-order valence-electron chi connectivity index (χ0n) is 29.5. The number of amides is 1. The second kappa shape index (κ2) is 16.4. The highest BCUT2D eigenvalue weighted by molar-refractivity contribution is 7.85. The van der Waals surface area contributed by atoms with Crippen molar-refractivity contribution in [3.63, 3.8) is 0 Å². The number of aryl methyl sites for hydroxylation is 1. The minimum atomic E-state index is -3.67. The Hall–Kier alpha value is -5.31. The summed E-state index contributed by atoms with van der Waals surface area (Å²) in [4.78, 5) is 37.4. The summed E-state index contributed by atoms with van der Waals surface area (Å²) in [5.41, 5.74) is 9.09. The Morgan fingerprint density at radius 3 is 2.37 bits per heavy atom. The number of nitrogens with zero attached hydrogens (tertiary/aromatic N) is 3. The molecule has 6 rings (SSSR count). The topological polar surface area (TPSA) is 184 Å². The molecule has 2 aromatic carbocycles. The molecule has 0 saturated carbocycles. The first kappa shape index (κ1) is 37.9. The molecular formula is C38H43N5O8S. The average Bonchev–Trinajstić information content (AvgIpc) is 3.12. The van der Waals surface area contributed by atoms with Crippen LogP contribution in [0.3, 0.4) is 0 Å². The van der Waals surface area contributed by atoms with Crippen LogP contribution in [0.5, 0.6) is 11.5 Å². The molecule has 0 bridgehead atoms. The minimum absolute atomic E-state index is 0.0506. The van der Waals surface area contributed by atoms with Crippen LogP contribution < -0.4 is 26.0 Å². The Morgan fingerprint density at radius 1 is 1.06 bits per heavy atom. The Balaban J connectivity index is 0.000000979. The van der Waals surface area contributed by atoms with Gasteiger partial charge in [0.25, 0.3) is 16.0 Å². The molecular weight excluding hydrogens is 687 g/mol. The summed E-state index contributed by atoms with van der Waals surface area (Å²) in [6, 6.07) is 16.9. The molecule has 14 heteroatoms. The highest BCUT2D eigenvalue weighted by Gasteiger charge is 2.36. The maximum Gasteiger partial charge on any atom is 0.261 e. The molecule has 2 aromatic heterocycles. The van der Waals surface area contributed by atoms with Crippen LogP contribution in [0.2, 0.25) is 0 Å². The van der Waals surface area contributed by atoms with Crippen molar-refractivity contribution >= 4 is 33.8 Å². The standard InChI is InChI=1S/C37H39N5O5.CH4O3S/c1-24-6-8-26(9-7-24)29-21-42(20-25-13-17-47-18-14-25)22-30(34(29)43)36(44)41-37(27-10-11-32(45-2)33(19-27)46-3)15-12-31(40-23-37)28-5-4-16-39-35(28)38;1-5(2,3)4/h4-12,16,19,21-23,25H,13-15,17-18,20H2,1-3H3,(H2,38,39)(H,41,44);1H3,(H,2,3,4). The van der Waals surface area contributed by atoms with E-state index in [-0.39, 0.29) is 11.0 Å². The highest BCUT2D eigenvalue weighted by atomic mass is 32.2. The van der Waals surface area contributed by atoms with Crippen molar-refractivity contribution in [2.45, 2.75) is 38.3 Å². The fourth-order valence-corrected chi connectivity index (χ4v) is 6.15. The lowest BCUT2D eigenvalue weighted by molar-refractivity contribution is 0.0611. The summed E-state index contributed by atoms with van der Waals surface area (Å²) in [7, 11) is -0.542. The number of nitrogens with one attached hydrogen (secondary N) is 1. The van der Waals surface area contributed by atoms with Gasteiger partial charge in [-0.1, -0.05) is 42.0 Å². The summed E-state index contributed by atoms with van der Waals surface area (Å²) in [5.74, 6) is 1.27. The molecule has 274 valence electrons. The zero-order chi connectivity index (χ0) is 37.5. The Morgan fingerprint density at radius 2 is 1.75 bits per heavy atom. The number of benzene rings is 2. The van der Waals surface area contributed by atoms with E-state index in [2.05, 4.69) is 10.3 Å². The number of anilines is 1. The third-order valence-electron chi connectivity index (χ3n) is 8.89. The van der Waals surface area contributed by atoms with E-state index in [4.69, 9.17) is 29.5 Å². The maximum absolute atomic E-state index is 14.4. The molecule has 0 spiro atoms. The van der Waals surface area contributed by atoms with Crippen LogP contribution in [0.1, 0.15) is 46.3 Å². The molecule has 13 nitrogen and oxygen atoms in total. The number of pyridine rings is 2. The lowest BCUT2D eigenvalue weighted by Crippen LogP contribution is -2.49. The van der Waals surface area contributed by atoms with Crippen molar-refractivity contribution in [1.82, 2.24) is 14.9 Å². The van der Waals surface area contributed by atoms with Gasteiger partial charge in [0.1, 0.15) is 16.9 Å². The molecule has 2 aliphatic rings. The van der Waals surface area contributed by atoms with Crippen molar-refractivity contribution in [3.8, 4) is 22.6 Å². The normalized spacial score (nSPS) is 17.4. The third kappa shape index (κ3) is 9.32. The molecule has 1 saturated heterocycles. The second-order valence-corrected chi connectivity index (χ2v) is 14.2. The fraction of sp³-hybridized carbons (Fsp3) is 0.316. The van der Waals surface area contributed by atoms with E-state index in [1.807, 2.05) is 66.2 Å². The SMILES string of the molecule is COc1ccc(C2(NC(=O)c3cn(CC4CCOCC4)cc(-c4ccc(C)cc4)c3=O)C=NC(c3cccnc3N)=CC2)cc1OC.CS(=O)(=O)O. The summed E-state index contributed by atoms with van der Waals surface area (Å²) >= 11 is 0. The predicted octanol–water partition coefficient (Wildman–Crippen LogP) is 4.89. The van der Waals surface area contributed by atoms with Crippen molar-refractivity contribution < 1.29 is 32.0 Å². The number of hydrogen-bond acceptors (Lipinski definition) is 10. The molecule has 1 atom stereocenters. The van der Waals surface area contributed by atoms with Gasteiger partial charge in [-0.25, -0.2) is 4.98 Å². The van der Waals surface area contributed by atoms with E-state index >= 15 is 0 Å². The van der Waals surface area contributed by atoms with Crippen LogP contribution in [0, 0.1) is 12.8 Å². The van der Waals surface area contributed by atoms with Crippen LogP contribution in [0.15, 0.2) is 89.1 Å². The molecule has 0 aliphatic carbocycles. The van der Waals surface area contributed by atoms with Crippen LogP contribution in [-0.2, 0) is 26.9 Å². The lowest BCUT2D eigenvalue weighted by atomic mass is 9.84. The van der Waals surface area contributed by atoms with Crippen molar-refractivity contribution in [3.05, 3.63) is 112 Å². The number of ether oxygens (including phenoxy) is 3. The number of aliphatic imine (C=N–C) groups is 1. The van der Waals surface area contributed by atoms with Gasteiger partial charge in [0.05, 0.1) is 26.2 Å². The van der Waals surface area contributed by atoms with Crippen LogP contribution in [-0.4, -0.2) is 68.3 Å². The summed E-state index contributed by atoms with van der Waals surface area (Å²) in [6.07, 6.45) is 11.6. The molecule has 0 radical (unpaired) electrons. The number of carbonyl (C=O) groups excluding carboxylic acids is 1. The number of nitrogen functional groups attached to an aromatic ring is 1. The van der Waals surface area contributed by atoms with Gasteiger partial charge in [0, 0.05) is 62.1 Å². The monoisotopic (exact) mass is 729 g/mol. The van der Waals surface area contributed by atoms with Crippen LogP contribution in [0.25, 0.3) is 16.8 Å². The second-order valence-electron chi connectivity index (χ2n) is 12.7. The van der Waals surface area contributed by atoms with Gasteiger partial charge in [0.2, 0.25) is 5.43 Å². The number of carbonyl (C=O) groups is 1.